The molecule has 24 heavy (non-hydrogen) atoms. The van der Waals surface area contributed by atoms with Gasteiger partial charge in [0, 0.05) is 17.3 Å². The number of hydrogen-bond acceptors (Lipinski definition) is 1. The van der Waals surface area contributed by atoms with Crippen molar-refractivity contribution in [3.8, 4) is 24.7 Å². The van der Waals surface area contributed by atoms with Gasteiger partial charge in [-0.1, -0.05) is 37.3 Å². The van der Waals surface area contributed by atoms with Crippen LogP contribution in [0.25, 0.3) is 0 Å². The lowest BCUT2D eigenvalue weighted by Gasteiger charge is -2.60. The Bertz CT molecular complexity index is 685. The summed E-state index contributed by atoms with van der Waals surface area (Å²) in [6.45, 7) is 4.58. The first-order valence-corrected chi connectivity index (χ1v) is 9.61. The fourth-order valence-corrected chi connectivity index (χ4v) is 7.07. The van der Waals surface area contributed by atoms with Crippen molar-refractivity contribution in [1.82, 2.24) is 0 Å². The molecule has 5 atom stereocenters. The van der Waals surface area contributed by atoms with E-state index in [-0.39, 0.29) is 10.8 Å². The van der Waals surface area contributed by atoms with Crippen molar-refractivity contribution >= 4 is 5.78 Å². The monoisotopic (exact) mass is 320 g/mol. The predicted molar refractivity (Wildman–Crippen MR) is 96.8 cm³/mol. The molecular weight excluding hydrogens is 292 g/mol. The van der Waals surface area contributed by atoms with Crippen molar-refractivity contribution < 1.29 is 4.79 Å². The number of hydrogen-bond donors (Lipinski definition) is 0. The molecule has 0 N–H and O–H groups in total. The van der Waals surface area contributed by atoms with Crippen LogP contribution >= 0.6 is 0 Å². The fourth-order valence-electron chi connectivity index (χ4n) is 7.07. The van der Waals surface area contributed by atoms with Crippen LogP contribution in [0.5, 0.6) is 0 Å². The fraction of sp³-hybridized carbons (Fsp3) is 0.696. The number of allylic oxidation sites excluding steroid dienone is 2. The number of fused-ring (bicyclic) bond motifs is 5. The molecule has 3 fully saturated rings. The second kappa shape index (κ2) is 5.02. The van der Waals surface area contributed by atoms with E-state index in [9.17, 15) is 4.79 Å². The molecule has 4 aliphatic carbocycles. The third-order valence-electron chi connectivity index (χ3n) is 8.57. The molecule has 4 aliphatic rings. The molecule has 126 valence electrons. The first-order chi connectivity index (χ1) is 11.4. The van der Waals surface area contributed by atoms with E-state index >= 15 is 0 Å². The highest BCUT2D eigenvalue weighted by Gasteiger charge is 2.63. The Hall–Kier alpha value is -1.47. The summed E-state index contributed by atoms with van der Waals surface area (Å²) in [5.74, 6) is 8.27. The summed E-state index contributed by atoms with van der Waals surface area (Å²) in [7, 11) is 0. The molecule has 0 saturated heterocycles. The highest BCUT2D eigenvalue weighted by Crippen LogP contribution is 2.68. The summed E-state index contributed by atoms with van der Waals surface area (Å²) in [5, 5.41) is 0. The molecule has 0 aromatic rings. The van der Waals surface area contributed by atoms with E-state index in [1.807, 2.05) is 0 Å². The van der Waals surface area contributed by atoms with Crippen LogP contribution in [0.1, 0.15) is 65.2 Å². The molecule has 0 aromatic heterocycles. The zero-order valence-corrected chi connectivity index (χ0v) is 15.0. The van der Waals surface area contributed by atoms with E-state index in [1.165, 1.54) is 5.57 Å². The third kappa shape index (κ3) is 1.67. The Kier molecular flexibility index (Phi) is 3.35. The van der Waals surface area contributed by atoms with Gasteiger partial charge in [0.25, 0.3) is 0 Å². The van der Waals surface area contributed by atoms with Gasteiger partial charge >= 0.3 is 0 Å². The van der Waals surface area contributed by atoms with Crippen LogP contribution in [0.3, 0.4) is 0 Å². The molecule has 0 bridgehead atoms. The number of terminal acetylenes is 2. The normalized spacial score (nSPS) is 45.9. The van der Waals surface area contributed by atoms with Crippen molar-refractivity contribution in [2.75, 3.05) is 0 Å². The molecule has 0 heterocycles. The van der Waals surface area contributed by atoms with Crippen molar-refractivity contribution in [2.45, 2.75) is 65.2 Å². The molecule has 4 rings (SSSR count). The molecule has 1 nitrogen and oxygen atoms in total. The van der Waals surface area contributed by atoms with Crippen LogP contribution in [0, 0.1) is 58.7 Å². The van der Waals surface area contributed by atoms with Crippen molar-refractivity contribution in [1.29, 1.82) is 0 Å². The van der Waals surface area contributed by atoms with E-state index in [4.69, 9.17) is 12.8 Å². The molecule has 0 amide bonds. The van der Waals surface area contributed by atoms with Crippen molar-refractivity contribution in [3.05, 3.63) is 11.6 Å². The van der Waals surface area contributed by atoms with Gasteiger partial charge in [-0.25, -0.2) is 0 Å². The molecule has 0 aromatic carbocycles. The molecule has 3 saturated carbocycles. The van der Waals surface area contributed by atoms with E-state index < -0.39 is 5.41 Å². The summed E-state index contributed by atoms with van der Waals surface area (Å²) >= 11 is 0. The molecular formula is C23H28O. The largest absolute Gasteiger partial charge is 0.299 e. The first-order valence-electron chi connectivity index (χ1n) is 9.61. The van der Waals surface area contributed by atoms with Crippen LogP contribution in [-0.4, -0.2) is 5.78 Å². The number of carbonyl (C=O) groups excluding carboxylic acids is 1. The second-order valence-electron chi connectivity index (χ2n) is 9.01. The predicted octanol–water partition coefficient (Wildman–Crippen LogP) is 4.77. The number of carbonyl (C=O) groups is 1. The lowest BCUT2D eigenvalue weighted by molar-refractivity contribution is -0.132. The van der Waals surface area contributed by atoms with Gasteiger partial charge in [0.15, 0.2) is 0 Å². The van der Waals surface area contributed by atoms with E-state index in [2.05, 4.69) is 31.8 Å². The zero-order chi connectivity index (χ0) is 17.2. The molecule has 0 spiro atoms. The van der Waals surface area contributed by atoms with Gasteiger partial charge in [-0.3, -0.25) is 4.79 Å². The molecule has 0 unspecified atom stereocenters. The van der Waals surface area contributed by atoms with Crippen LogP contribution in [0.15, 0.2) is 11.6 Å². The number of Topliss-reactive ketones (excluding diaryl/α,β-unsaturated/α-hetero) is 1. The summed E-state index contributed by atoms with van der Waals surface area (Å²) < 4.78 is 0. The zero-order valence-electron chi connectivity index (χ0n) is 15.0. The van der Waals surface area contributed by atoms with Crippen molar-refractivity contribution in [2.24, 2.45) is 34.0 Å². The maximum atomic E-state index is 12.5. The Morgan fingerprint density at radius 1 is 1.08 bits per heavy atom. The minimum atomic E-state index is -0.448. The number of rotatable bonds is 0. The Labute approximate surface area is 146 Å². The van der Waals surface area contributed by atoms with Gasteiger partial charge in [-0.15, -0.1) is 12.8 Å². The van der Waals surface area contributed by atoms with Crippen LogP contribution < -0.4 is 0 Å². The van der Waals surface area contributed by atoms with Gasteiger partial charge in [-0.2, -0.15) is 0 Å². The van der Waals surface area contributed by atoms with Gasteiger partial charge in [0.2, 0.25) is 0 Å². The first kappa shape index (κ1) is 16.0. The van der Waals surface area contributed by atoms with Gasteiger partial charge in [0.05, 0.1) is 0 Å². The Balaban J connectivity index is 1.82. The summed E-state index contributed by atoms with van der Waals surface area (Å²) in [6, 6.07) is 0. The third-order valence-corrected chi connectivity index (χ3v) is 8.57. The lowest BCUT2D eigenvalue weighted by Crippen LogP contribution is -2.56. The topological polar surface area (TPSA) is 17.1 Å². The second-order valence-corrected chi connectivity index (χ2v) is 9.01. The molecule has 0 aliphatic heterocycles. The summed E-state index contributed by atoms with van der Waals surface area (Å²) in [5.41, 5.74) is 0.896. The maximum absolute atomic E-state index is 12.5. The van der Waals surface area contributed by atoms with Gasteiger partial charge in [0.1, 0.15) is 11.2 Å². The quantitative estimate of drug-likeness (QED) is 0.464. The smallest absolute Gasteiger partial charge is 0.139 e. The standard InChI is InChI=1S/C23H28O/c1-5-23(6-2)14-7-8-16-9-10-17-18-11-12-20(24)21(18,3)15-13-19(17)22(16,23)4/h1-2,9,17-19H,7-8,10-15H2,3-4H3/t17-,18-,19-,21-,22-/m0/s1. The minimum Gasteiger partial charge on any atom is -0.299 e. The van der Waals surface area contributed by atoms with E-state index in [1.54, 1.807) is 0 Å². The van der Waals surface area contributed by atoms with E-state index in [0.717, 1.165) is 51.4 Å². The van der Waals surface area contributed by atoms with Crippen LogP contribution in [0.4, 0.5) is 0 Å². The van der Waals surface area contributed by atoms with E-state index in [0.29, 0.717) is 23.5 Å². The Morgan fingerprint density at radius 2 is 1.83 bits per heavy atom. The highest BCUT2D eigenvalue weighted by atomic mass is 16.1. The number of ketones is 1. The molecule has 0 radical (unpaired) electrons. The average molecular weight is 320 g/mol. The summed E-state index contributed by atoms with van der Waals surface area (Å²) in [6.07, 6.45) is 22.8. The summed E-state index contributed by atoms with van der Waals surface area (Å²) in [4.78, 5) is 12.5. The average Bonchev–Trinajstić information content (AvgIpc) is 2.89. The van der Waals surface area contributed by atoms with Crippen molar-refractivity contribution in [3.63, 3.8) is 0 Å². The Morgan fingerprint density at radius 3 is 2.54 bits per heavy atom. The maximum Gasteiger partial charge on any atom is 0.139 e. The lowest BCUT2D eigenvalue weighted by atomic mass is 9.42. The van der Waals surface area contributed by atoms with Gasteiger partial charge < -0.3 is 0 Å². The van der Waals surface area contributed by atoms with Crippen LogP contribution in [-0.2, 0) is 4.79 Å². The SMILES string of the molecule is C#CC1(C#C)CCCC2=CC[C@@H]3[C@H](CC[C@]4(C)C(=O)CC[C@@H]34)[C@]21C. The van der Waals surface area contributed by atoms with Gasteiger partial charge in [-0.05, 0) is 62.7 Å². The highest BCUT2D eigenvalue weighted by molar-refractivity contribution is 5.87. The molecule has 1 heteroatoms. The van der Waals surface area contributed by atoms with Crippen LogP contribution in [0.2, 0.25) is 0 Å². The minimum absolute atomic E-state index is 0.0787.